The number of amides is 1. The van der Waals surface area contributed by atoms with Crippen LogP contribution in [0.3, 0.4) is 0 Å². The highest BCUT2D eigenvalue weighted by atomic mass is 16.6. The number of rotatable bonds is 6. The topological polar surface area (TPSA) is 99.3 Å². The van der Waals surface area contributed by atoms with E-state index in [4.69, 9.17) is 4.74 Å². The van der Waals surface area contributed by atoms with Crippen molar-refractivity contribution in [2.75, 3.05) is 11.9 Å². The summed E-state index contributed by atoms with van der Waals surface area (Å²) < 4.78 is 7.10. The van der Waals surface area contributed by atoms with Crippen molar-refractivity contribution in [1.29, 1.82) is 0 Å². The molecule has 0 unspecified atom stereocenters. The van der Waals surface area contributed by atoms with E-state index in [-0.39, 0.29) is 24.3 Å². The Morgan fingerprint density at radius 1 is 1.29 bits per heavy atom. The summed E-state index contributed by atoms with van der Waals surface area (Å²) in [4.78, 5) is 22.3. The molecule has 0 radical (unpaired) electrons. The molecule has 0 atom stereocenters. The number of ether oxygens (including phenoxy) is 1. The van der Waals surface area contributed by atoms with Crippen molar-refractivity contribution < 1.29 is 14.5 Å². The maximum Gasteiger partial charge on any atom is 0.269 e. The predicted molar refractivity (Wildman–Crippen MR) is 87.1 cm³/mol. The Balaban J connectivity index is 1.63. The van der Waals surface area contributed by atoms with Gasteiger partial charge in [0.1, 0.15) is 12.4 Å². The second-order valence-corrected chi connectivity index (χ2v) is 5.67. The lowest BCUT2D eigenvalue weighted by Gasteiger charge is -2.12. The molecule has 1 heterocycles. The Bertz CT molecular complexity index is 720. The fourth-order valence-electron chi connectivity index (χ4n) is 2.75. The molecule has 1 aromatic heterocycles. The van der Waals surface area contributed by atoms with Gasteiger partial charge >= 0.3 is 0 Å². The van der Waals surface area contributed by atoms with Crippen LogP contribution in [0.2, 0.25) is 0 Å². The molecule has 1 aliphatic carbocycles. The van der Waals surface area contributed by atoms with Gasteiger partial charge in [-0.15, -0.1) is 0 Å². The second-order valence-electron chi connectivity index (χ2n) is 5.67. The van der Waals surface area contributed by atoms with E-state index < -0.39 is 4.92 Å². The Morgan fingerprint density at radius 2 is 2.00 bits per heavy atom. The van der Waals surface area contributed by atoms with Crippen LogP contribution in [-0.4, -0.2) is 33.3 Å². The van der Waals surface area contributed by atoms with Crippen LogP contribution in [0.5, 0.6) is 0 Å². The van der Waals surface area contributed by atoms with Crippen LogP contribution >= 0.6 is 0 Å². The summed E-state index contributed by atoms with van der Waals surface area (Å²) in [5.74, 6) is 0.245. The van der Waals surface area contributed by atoms with Crippen LogP contribution in [0.4, 0.5) is 11.5 Å². The SMILES string of the molecule is O=C(COC1CCCC1)Nc1ccnn1-c1ccc([N+](=O)[O-])cc1. The molecule has 1 aromatic carbocycles. The van der Waals surface area contributed by atoms with Crippen molar-refractivity contribution >= 4 is 17.4 Å². The van der Waals surface area contributed by atoms with Gasteiger partial charge in [0.2, 0.25) is 0 Å². The van der Waals surface area contributed by atoms with Crippen LogP contribution < -0.4 is 5.32 Å². The third kappa shape index (κ3) is 3.77. The minimum absolute atomic E-state index is 0.00135. The van der Waals surface area contributed by atoms with Crippen molar-refractivity contribution in [2.45, 2.75) is 31.8 Å². The van der Waals surface area contributed by atoms with Crippen LogP contribution in [0.1, 0.15) is 25.7 Å². The lowest BCUT2D eigenvalue weighted by atomic mass is 10.3. The van der Waals surface area contributed by atoms with E-state index in [1.54, 1.807) is 24.4 Å². The number of nitrogens with zero attached hydrogens (tertiary/aromatic N) is 3. The largest absolute Gasteiger partial charge is 0.368 e. The Morgan fingerprint density at radius 3 is 2.67 bits per heavy atom. The summed E-state index contributed by atoms with van der Waals surface area (Å²) in [5.41, 5.74) is 0.624. The molecule has 0 saturated heterocycles. The maximum absolute atomic E-state index is 12.0. The van der Waals surface area contributed by atoms with Crippen molar-refractivity contribution in [1.82, 2.24) is 9.78 Å². The molecule has 0 spiro atoms. The van der Waals surface area contributed by atoms with Gasteiger partial charge < -0.3 is 10.1 Å². The van der Waals surface area contributed by atoms with E-state index in [0.29, 0.717) is 11.5 Å². The van der Waals surface area contributed by atoms with Gasteiger partial charge in [-0.3, -0.25) is 14.9 Å². The van der Waals surface area contributed by atoms with E-state index in [9.17, 15) is 14.9 Å². The summed E-state index contributed by atoms with van der Waals surface area (Å²) in [6, 6.07) is 7.61. The highest BCUT2D eigenvalue weighted by Gasteiger charge is 2.17. The number of nitrogens with one attached hydrogen (secondary N) is 1. The molecule has 126 valence electrons. The smallest absolute Gasteiger partial charge is 0.269 e. The van der Waals surface area contributed by atoms with Crippen molar-refractivity contribution in [3.05, 3.63) is 46.6 Å². The molecule has 1 amide bonds. The fourth-order valence-corrected chi connectivity index (χ4v) is 2.75. The lowest BCUT2D eigenvalue weighted by Crippen LogP contribution is -2.23. The third-order valence-electron chi connectivity index (χ3n) is 3.97. The molecule has 0 aliphatic heterocycles. The minimum Gasteiger partial charge on any atom is -0.368 e. The highest BCUT2D eigenvalue weighted by molar-refractivity contribution is 5.91. The highest BCUT2D eigenvalue weighted by Crippen LogP contribution is 2.21. The van der Waals surface area contributed by atoms with Gasteiger partial charge in [-0.05, 0) is 25.0 Å². The molecule has 1 saturated carbocycles. The summed E-state index contributed by atoms with van der Waals surface area (Å²) in [5, 5.41) is 17.6. The molecule has 8 heteroatoms. The van der Waals surface area contributed by atoms with Gasteiger partial charge in [0.25, 0.3) is 11.6 Å². The van der Waals surface area contributed by atoms with Gasteiger partial charge in [0.15, 0.2) is 0 Å². The first-order chi connectivity index (χ1) is 11.6. The molecular formula is C16H18N4O4. The number of carbonyl (C=O) groups excluding carboxylic acids is 1. The molecule has 2 aromatic rings. The van der Waals surface area contributed by atoms with Crippen molar-refractivity contribution in [2.24, 2.45) is 0 Å². The number of hydrogen-bond acceptors (Lipinski definition) is 5. The zero-order chi connectivity index (χ0) is 16.9. The fraction of sp³-hybridized carbons (Fsp3) is 0.375. The molecular weight excluding hydrogens is 312 g/mol. The quantitative estimate of drug-likeness (QED) is 0.648. The number of aromatic nitrogens is 2. The Kier molecular flexibility index (Phi) is 4.85. The van der Waals surface area contributed by atoms with Gasteiger partial charge in [0.05, 0.1) is 22.9 Å². The van der Waals surface area contributed by atoms with E-state index >= 15 is 0 Å². The number of non-ortho nitro benzene ring substituents is 1. The number of carbonyl (C=O) groups is 1. The molecule has 1 fully saturated rings. The standard InChI is InChI=1S/C16H18N4O4/c21-16(11-24-14-3-1-2-4-14)18-15-9-10-17-19(15)12-5-7-13(8-6-12)20(22)23/h5-10,14H,1-4,11H2,(H,18,21). The zero-order valence-corrected chi connectivity index (χ0v) is 13.1. The Labute approximate surface area is 138 Å². The number of hydrogen-bond donors (Lipinski definition) is 1. The van der Waals surface area contributed by atoms with Crippen LogP contribution in [0.25, 0.3) is 5.69 Å². The summed E-state index contributed by atoms with van der Waals surface area (Å²) in [6.07, 6.45) is 6.05. The number of anilines is 1. The first-order valence-corrected chi connectivity index (χ1v) is 7.84. The van der Waals surface area contributed by atoms with Gasteiger partial charge in [-0.25, -0.2) is 4.68 Å². The minimum atomic E-state index is -0.462. The molecule has 1 N–H and O–H groups in total. The third-order valence-corrected chi connectivity index (χ3v) is 3.97. The molecule has 0 bridgehead atoms. The lowest BCUT2D eigenvalue weighted by molar-refractivity contribution is -0.384. The first-order valence-electron chi connectivity index (χ1n) is 7.84. The second kappa shape index (κ2) is 7.22. The predicted octanol–water partition coefficient (Wildman–Crippen LogP) is 2.68. The van der Waals surface area contributed by atoms with E-state index in [0.717, 1.165) is 25.7 Å². The van der Waals surface area contributed by atoms with E-state index in [1.807, 2.05) is 0 Å². The monoisotopic (exact) mass is 330 g/mol. The summed E-state index contributed by atoms with van der Waals surface area (Å²) >= 11 is 0. The average molecular weight is 330 g/mol. The summed E-state index contributed by atoms with van der Waals surface area (Å²) in [7, 11) is 0. The molecule has 24 heavy (non-hydrogen) atoms. The van der Waals surface area contributed by atoms with Gasteiger partial charge in [-0.1, -0.05) is 12.8 Å². The molecule has 3 rings (SSSR count). The van der Waals surface area contributed by atoms with Crippen LogP contribution in [0, 0.1) is 10.1 Å². The zero-order valence-electron chi connectivity index (χ0n) is 13.1. The normalized spacial score (nSPS) is 14.7. The first kappa shape index (κ1) is 16.1. The number of benzene rings is 1. The van der Waals surface area contributed by atoms with E-state index in [2.05, 4.69) is 10.4 Å². The van der Waals surface area contributed by atoms with Crippen molar-refractivity contribution in [3.8, 4) is 5.69 Å². The molecule has 1 aliphatic rings. The number of nitro groups is 1. The van der Waals surface area contributed by atoms with Crippen LogP contribution in [0.15, 0.2) is 36.5 Å². The summed E-state index contributed by atoms with van der Waals surface area (Å²) in [6.45, 7) is 0.0100. The Hall–Kier alpha value is -2.74. The molecule has 8 nitrogen and oxygen atoms in total. The van der Waals surface area contributed by atoms with Crippen LogP contribution in [-0.2, 0) is 9.53 Å². The van der Waals surface area contributed by atoms with Gasteiger partial charge in [-0.2, -0.15) is 5.10 Å². The van der Waals surface area contributed by atoms with Gasteiger partial charge in [0, 0.05) is 18.2 Å². The average Bonchev–Trinajstić information content (AvgIpc) is 3.24. The van der Waals surface area contributed by atoms with Crippen molar-refractivity contribution in [3.63, 3.8) is 0 Å². The van der Waals surface area contributed by atoms with E-state index in [1.165, 1.54) is 16.8 Å². The number of nitro benzene ring substituents is 1. The maximum atomic E-state index is 12.0.